The number of hydrogen-bond acceptors (Lipinski definition) is 5. The molecule has 0 radical (unpaired) electrons. The summed E-state index contributed by atoms with van der Waals surface area (Å²) < 4.78 is 11.3. The van der Waals surface area contributed by atoms with Gasteiger partial charge < -0.3 is 0 Å². The van der Waals surface area contributed by atoms with Crippen molar-refractivity contribution in [3.05, 3.63) is 115 Å². The van der Waals surface area contributed by atoms with E-state index in [1.165, 1.54) is 22.9 Å². The molecule has 8 aromatic rings. The van der Waals surface area contributed by atoms with Gasteiger partial charge in [0.15, 0.2) is 0 Å². The molecular formula is C32H19N5S. The lowest BCUT2D eigenvalue weighted by Crippen LogP contribution is -2.03. The van der Waals surface area contributed by atoms with Gasteiger partial charge in [0.05, 0.1) is 34.0 Å². The molecule has 0 amide bonds. The van der Waals surface area contributed by atoms with Crippen LogP contribution in [0, 0.1) is 0 Å². The molecule has 8 rings (SSSR count). The van der Waals surface area contributed by atoms with Gasteiger partial charge in [-0.2, -0.15) is 8.75 Å². The van der Waals surface area contributed by atoms with Crippen LogP contribution in [0.3, 0.4) is 0 Å². The molecule has 5 nitrogen and oxygen atoms in total. The molecule has 3 aromatic heterocycles. The van der Waals surface area contributed by atoms with Crippen molar-refractivity contribution in [2.24, 2.45) is 0 Å². The maximum absolute atomic E-state index is 5.20. The minimum Gasteiger partial charge on any atom is -0.278 e. The predicted molar refractivity (Wildman–Crippen MR) is 156 cm³/mol. The third kappa shape index (κ3) is 3.17. The van der Waals surface area contributed by atoms with E-state index in [-0.39, 0.29) is 0 Å². The zero-order valence-corrected chi connectivity index (χ0v) is 20.9. The Balaban J connectivity index is 1.40. The summed E-state index contributed by atoms with van der Waals surface area (Å²) in [5.74, 6) is 0.638. The van der Waals surface area contributed by atoms with Gasteiger partial charge in [0.25, 0.3) is 0 Å². The third-order valence-electron chi connectivity index (χ3n) is 7.12. The molecule has 0 aliphatic rings. The van der Waals surface area contributed by atoms with Gasteiger partial charge in [-0.05, 0) is 35.4 Å². The quantitative estimate of drug-likeness (QED) is 0.244. The van der Waals surface area contributed by atoms with Gasteiger partial charge in [-0.3, -0.25) is 4.57 Å². The molecule has 0 saturated carbocycles. The first-order valence-corrected chi connectivity index (χ1v) is 13.2. The summed E-state index contributed by atoms with van der Waals surface area (Å²) in [7, 11) is 0. The minimum atomic E-state index is 0.638. The van der Waals surface area contributed by atoms with Crippen LogP contribution in [0.4, 0.5) is 0 Å². The Bertz CT molecular complexity index is 2130. The first kappa shape index (κ1) is 21.2. The fourth-order valence-corrected chi connectivity index (χ4v) is 5.90. The summed E-state index contributed by atoms with van der Waals surface area (Å²) in [4.78, 5) is 10.3. The maximum atomic E-state index is 5.20. The van der Waals surface area contributed by atoms with Crippen LogP contribution in [-0.2, 0) is 0 Å². The van der Waals surface area contributed by atoms with Crippen LogP contribution in [0.25, 0.3) is 72.1 Å². The van der Waals surface area contributed by atoms with Crippen molar-refractivity contribution in [1.29, 1.82) is 0 Å². The fraction of sp³-hybridized carbons (Fsp3) is 0. The zero-order valence-electron chi connectivity index (χ0n) is 20.1. The van der Waals surface area contributed by atoms with Crippen LogP contribution >= 0.6 is 11.7 Å². The van der Waals surface area contributed by atoms with Crippen LogP contribution in [-0.4, -0.2) is 23.3 Å². The van der Waals surface area contributed by atoms with E-state index in [9.17, 15) is 0 Å². The molecule has 5 aromatic carbocycles. The SMILES string of the molecule is c1ccc(-c2ccc(-c3nc(-n4c5ccccc5c5c6nsnc6ccc54)nc4ccccc34)cc2)cc1. The number of para-hydroxylation sites is 2. The number of fused-ring (bicyclic) bond motifs is 6. The fourth-order valence-electron chi connectivity index (χ4n) is 5.35. The topological polar surface area (TPSA) is 56.5 Å². The van der Waals surface area contributed by atoms with Gasteiger partial charge in [0.1, 0.15) is 11.0 Å². The van der Waals surface area contributed by atoms with Gasteiger partial charge >= 0.3 is 0 Å². The highest BCUT2D eigenvalue weighted by Gasteiger charge is 2.19. The highest BCUT2D eigenvalue weighted by Crippen LogP contribution is 2.37. The van der Waals surface area contributed by atoms with Crippen LogP contribution in [0.5, 0.6) is 0 Å². The molecule has 38 heavy (non-hydrogen) atoms. The normalized spacial score (nSPS) is 11.7. The van der Waals surface area contributed by atoms with Crippen molar-refractivity contribution in [2.75, 3.05) is 0 Å². The summed E-state index contributed by atoms with van der Waals surface area (Å²) in [6, 6.07) is 39.8. The first-order chi connectivity index (χ1) is 18.8. The summed E-state index contributed by atoms with van der Waals surface area (Å²) in [5.41, 5.74) is 9.13. The summed E-state index contributed by atoms with van der Waals surface area (Å²) in [6.07, 6.45) is 0. The summed E-state index contributed by atoms with van der Waals surface area (Å²) in [6.45, 7) is 0. The van der Waals surface area contributed by atoms with E-state index in [1.807, 2.05) is 24.3 Å². The average molecular weight is 506 g/mol. The Hall–Kier alpha value is -4.94. The van der Waals surface area contributed by atoms with E-state index in [0.717, 1.165) is 55.0 Å². The molecule has 0 N–H and O–H groups in total. The molecule has 178 valence electrons. The maximum Gasteiger partial charge on any atom is 0.235 e. The lowest BCUT2D eigenvalue weighted by molar-refractivity contribution is 1.01. The van der Waals surface area contributed by atoms with E-state index in [2.05, 4.69) is 104 Å². The number of nitrogens with zero attached hydrogens (tertiary/aromatic N) is 5. The van der Waals surface area contributed by atoms with E-state index in [0.29, 0.717) is 5.95 Å². The molecule has 0 aliphatic carbocycles. The second-order valence-electron chi connectivity index (χ2n) is 9.28. The average Bonchev–Trinajstić information content (AvgIpc) is 3.60. The predicted octanol–water partition coefficient (Wildman–Crippen LogP) is 8.07. The summed E-state index contributed by atoms with van der Waals surface area (Å²) >= 11 is 1.24. The van der Waals surface area contributed by atoms with Crippen molar-refractivity contribution >= 4 is 55.5 Å². The molecular weight excluding hydrogens is 486 g/mol. The van der Waals surface area contributed by atoms with Crippen LogP contribution in [0.15, 0.2) is 115 Å². The highest BCUT2D eigenvalue weighted by atomic mass is 32.1. The van der Waals surface area contributed by atoms with Crippen LogP contribution in [0.2, 0.25) is 0 Å². The molecule has 0 aliphatic heterocycles. The minimum absolute atomic E-state index is 0.638. The lowest BCUT2D eigenvalue weighted by Gasteiger charge is -2.12. The Morgan fingerprint density at radius 2 is 1.21 bits per heavy atom. The molecule has 3 heterocycles. The smallest absolute Gasteiger partial charge is 0.235 e. The monoisotopic (exact) mass is 505 g/mol. The number of rotatable bonds is 3. The number of aromatic nitrogens is 5. The van der Waals surface area contributed by atoms with E-state index in [1.54, 1.807) is 0 Å². The van der Waals surface area contributed by atoms with Gasteiger partial charge in [-0.1, -0.05) is 91.0 Å². The Morgan fingerprint density at radius 3 is 2.08 bits per heavy atom. The lowest BCUT2D eigenvalue weighted by atomic mass is 10.0. The number of benzene rings is 5. The summed E-state index contributed by atoms with van der Waals surface area (Å²) in [5, 5.41) is 3.22. The van der Waals surface area contributed by atoms with Crippen LogP contribution < -0.4 is 0 Å². The van der Waals surface area contributed by atoms with Crippen molar-refractivity contribution in [2.45, 2.75) is 0 Å². The molecule has 0 bridgehead atoms. The van der Waals surface area contributed by atoms with Gasteiger partial charge in [0.2, 0.25) is 5.95 Å². The molecule has 0 fully saturated rings. The van der Waals surface area contributed by atoms with Crippen molar-refractivity contribution in [1.82, 2.24) is 23.3 Å². The Labute approximate surface area is 222 Å². The third-order valence-corrected chi connectivity index (χ3v) is 7.66. The van der Waals surface area contributed by atoms with E-state index in [4.69, 9.17) is 9.97 Å². The molecule has 0 unspecified atom stereocenters. The van der Waals surface area contributed by atoms with Crippen molar-refractivity contribution in [3.8, 4) is 28.3 Å². The second-order valence-corrected chi connectivity index (χ2v) is 9.81. The standard InChI is InChI=1S/C32H19N5S/c1-2-8-20(9-3-1)21-14-16-22(17-15-21)30-23-10-4-6-12-25(23)33-32(34-30)37-27-13-7-5-11-24(27)29-28(37)19-18-26-31(29)36-38-35-26/h1-19H. The molecule has 0 spiro atoms. The van der Waals surface area contributed by atoms with Gasteiger partial charge in [-0.15, -0.1) is 0 Å². The largest absolute Gasteiger partial charge is 0.278 e. The highest BCUT2D eigenvalue weighted by molar-refractivity contribution is 7.00. The van der Waals surface area contributed by atoms with Crippen molar-refractivity contribution < 1.29 is 0 Å². The van der Waals surface area contributed by atoms with E-state index >= 15 is 0 Å². The van der Waals surface area contributed by atoms with Gasteiger partial charge in [-0.25, -0.2) is 9.97 Å². The molecule has 0 saturated heterocycles. The van der Waals surface area contributed by atoms with Crippen LogP contribution in [0.1, 0.15) is 0 Å². The Morgan fingerprint density at radius 1 is 0.500 bits per heavy atom. The number of hydrogen-bond donors (Lipinski definition) is 0. The molecule has 6 heteroatoms. The van der Waals surface area contributed by atoms with E-state index < -0.39 is 0 Å². The zero-order chi connectivity index (χ0) is 25.1. The Kier molecular flexibility index (Phi) is 4.62. The first-order valence-electron chi connectivity index (χ1n) is 12.4. The van der Waals surface area contributed by atoms with Gasteiger partial charge in [0, 0.05) is 21.7 Å². The molecule has 0 atom stereocenters. The van der Waals surface area contributed by atoms with Crippen molar-refractivity contribution in [3.63, 3.8) is 0 Å². The second kappa shape index (κ2) is 8.30.